The molecule has 4 aliphatic rings. The van der Waals surface area contributed by atoms with Crippen molar-refractivity contribution in [3.8, 4) is 5.75 Å². The summed E-state index contributed by atoms with van der Waals surface area (Å²) < 4.78 is 48.5. The molecule has 1 saturated heterocycles. The maximum Gasteiger partial charge on any atom is 0.410 e. The van der Waals surface area contributed by atoms with E-state index in [2.05, 4.69) is 10.0 Å². The normalized spacial score (nSPS) is 23.9. The third-order valence-electron chi connectivity index (χ3n) is 10.5. The zero-order chi connectivity index (χ0) is 40.8. The van der Waals surface area contributed by atoms with Crippen LogP contribution in [0.3, 0.4) is 0 Å². The summed E-state index contributed by atoms with van der Waals surface area (Å²) in [5, 5.41) is 2.24. The molecule has 3 fully saturated rings. The minimum absolute atomic E-state index is 0. The summed E-state index contributed by atoms with van der Waals surface area (Å²) in [5.74, 6) is -1.32. The van der Waals surface area contributed by atoms with E-state index in [0.717, 1.165) is 17.5 Å². The van der Waals surface area contributed by atoms with E-state index in [-0.39, 0.29) is 42.1 Å². The summed E-state index contributed by atoms with van der Waals surface area (Å²) in [6.07, 6.45) is 7.12. The highest BCUT2D eigenvalue weighted by Crippen LogP contribution is 2.41. The molecule has 4 N–H and O–H groups in total. The van der Waals surface area contributed by atoms with Crippen LogP contribution in [0.5, 0.6) is 5.75 Å². The Kier molecular flexibility index (Phi) is 13.9. The molecular weight excluding hydrogens is 747 g/mol. The number of benzene rings is 1. The number of nitrogens with one attached hydrogen (secondary N) is 2. The summed E-state index contributed by atoms with van der Waals surface area (Å²) in [6.45, 7) is 5.64. The van der Waals surface area contributed by atoms with Gasteiger partial charge in [0.2, 0.25) is 27.7 Å². The van der Waals surface area contributed by atoms with Gasteiger partial charge in [-0.05, 0) is 94.9 Å². The maximum atomic E-state index is 14.1. The van der Waals surface area contributed by atoms with Gasteiger partial charge in [-0.25, -0.2) is 18.0 Å². The highest BCUT2D eigenvalue weighted by Gasteiger charge is 2.46. The first-order valence-electron chi connectivity index (χ1n) is 19.5. The zero-order valence-corrected chi connectivity index (χ0v) is 33.8. The maximum absolute atomic E-state index is 14.1. The Morgan fingerprint density at radius 2 is 1.80 bits per heavy atom. The van der Waals surface area contributed by atoms with E-state index in [0.29, 0.717) is 57.2 Å². The summed E-state index contributed by atoms with van der Waals surface area (Å²) in [5.41, 5.74) is 6.91. The molecule has 0 spiro atoms. The third-order valence-corrected chi connectivity index (χ3v) is 12.4. The van der Waals surface area contributed by atoms with Crippen molar-refractivity contribution in [1.82, 2.24) is 19.8 Å². The van der Waals surface area contributed by atoms with E-state index in [1.54, 1.807) is 39.9 Å². The molecule has 16 nitrogen and oxygen atoms in total. The van der Waals surface area contributed by atoms with E-state index >= 15 is 0 Å². The van der Waals surface area contributed by atoms with Gasteiger partial charge >= 0.3 is 12.2 Å². The number of carbonyl (C=O) groups is 5. The van der Waals surface area contributed by atoms with Gasteiger partial charge in [-0.2, -0.15) is 0 Å². The SMILES string of the molecule is COCC1c2ccc(OC)cc2CCN1C(=O)O[C@@H]1CC(C(N)=O)N(C(=O)[C@H](CCCCC/C=C\[C@@H]2C[C@@H]2C(=O)NS(=O)(=O)C2CC2)NC(=O)OC(C)(C)C)C1.[HH].[HH].[HH]. The molecule has 5 amide bonds. The summed E-state index contributed by atoms with van der Waals surface area (Å²) in [7, 11) is -0.404. The number of amides is 5. The quantitative estimate of drug-likeness (QED) is 0.150. The number of likely N-dealkylation sites (tertiary alicyclic amines) is 1. The molecule has 0 bridgehead atoms. The lowest BCUT2D eigenvalue weighted by Gasteiger charge is -2.37. The second-order valence-corrected chi connectivity index (χ2v) is 18.1. The topological polar surface area (TPSA) is 213 Å². The molecule has 56 heavy (non-hydrogen) atoms. The minimum Gasteiger partial charge on any atom is -0.497 e. The monoisotopic (exact) mass is 809 g/mol. The van der Waals surface area contributed by atoms with Gasteiger partial charge < -0.3 is 34.9 Å². The number of ether oxygens (including phenoxy) is 4. The van der Waals surface area contributed by atoms with Gasteiger partial charge in [0.15, 0.2) is 0 Å². The molecule has 5 rings (SSSR count). The average molecular weight is 810 g/mol. The first kappa shape index (κ1) is 42.8. The van der Waals surface area contributed by atoms with Crippen molar-refractivity contribution in [3.63, 3.8) is 0 Å². The standard InChI is InChI=1S/C39H57N5O11S.3H2/c1-39(2,3)55-37(48)41-31(12-10-8-6-7-9-11-24-20-30(24)35(46)42-56(50,51)28-14-15-28)36(47)44-22-27(21-32(44)34(40)45)54-38(49)43-18-17-25-19-26(53-5)13-16-29(25)33(43)23-52-4;;;/h9,11,13,16,19,24,27-28,30-33H,6-8,10,12,14-15,17-18,20-23H2,1-5H3,(H2,40,45)(H,41,48)(H,42,46);3*1H/b11-9-;;;/t24-,27-,30+,31+,32?,33?;;;/m1.../s1. The van der Waals surface area contributed by atoms with Crippen LogP contribution in [0.2, 0.25) is 0 Å². The molecule has 2 aliphatic carbocycles. The number of sulfonamides is 1. The van der Waals surface area contributed by atoms with Gasteiger partial charge in [-0.3, -0.25) is 24.0 Å². The molecule has 0 aromatic heterocycles. The number of nitrogens with two attached hydrogens (primary N) is 1. The molecule has 1 aromatic rings. The van der Waals surface area contributed by atoms with Crippen molar-refractivity contribution in [2.45, 2.75) is 120 Å². The number of fused-ring (bicyclic) bond motifs is 1. The summed E-state index contributed by atoms with van der Waals surface area (Å²) in [4.78, 5) is 68.4. The Balaban J connectivity index is 0.00000400. The number of rotatable bonds is 17. The Hall–Kier alpha value is -4.38. The zero-order valence-electron chi connectivity index (χ0n) is 33.0. The van der Waals surface area contributed by atoms with E-state index in [1.165, 1.54) is 4.90 Å². The van der Waals surface area contributed by atoms with Crippen molar-refractivity contribution in [3.05, 3.63) is 41.5 Å². The van der Waals surface area contributed by atoms with Gasteiger partial charge in [0, 0.05) is 30.3 Å². The van der Waals surface area contributed by atoms with E-state index in [4.69, 9.17) is 24.7 Å². The number of primary amides is 1. The van der Waals surface area contributed by atoms with Crippen LogP contribution in [-0.2, 0) is 45.0 Å². The fourth-order valence-corrected chi connectivity index (χ4v) is 8.71. The number of methoxy groups -OCH3 is 2. The molecule has 316 valence electrons. The van der Waals surface area contributed by atoms with Gasteiger partial charge in [-0.1, -0.05) is 31.1 Å². The Morgan fingerprint density at radius 1 is 1.05 bits per heavy atom. The van der Waals surface area contributed by atoms with Crippen LogP contribution in [-0.4, -0.2) is 111 Å². The molecule has 2 aliphatic heterocycles. The van der Waals surface area contributed by atoms with Gasteiger partial charge in [-0.15, -0.1) is 0 Å². The van der Waals surface area contributed by atoms with Crippen molar-refractivity contribution < 1.29 is 55.6 Å². The largest absolute Gasteiger partial charge is 0.497 e. The van der Waals surface area contributed by atoms with Crippen LogP contribution in [0.15, 0.2) is 30.4 Å². The van der Waals surface area contributed by atoms with E-state index in [1.807, 2.05) is 30.4 Å². The van der Waals surface area contributed by atoms with Crippen LogP contribution in [0.25, 0.3) is 0 Å². The fraction of sp³-hybridized carbons (Fsp3) is 0.667. The Labute approximate surface area is 333 Å². The summed E-state index contributed by atoms with van der Waals surface area (Å²) >= 11 is 0. The van der Waals surface area contributed by atoms with Crippen LogP contribution in [0.1, 0.15) is 100 Å². The minimum atomic E-state index is -3.55. The molecule has 2 saturated carbocycles. The second-order valence-electron chi connectivity index (χ2n) is 16.1. The van der Waals surface area contributed by atoms with Crippen molar-refractivity contribution in [2.75, 3.05) is 33.9 Å². The molecule has 17 heteroatoms. The number of hydrogen-bond donors (Lipinski definition) is 3. The van der Waals surface area contributed by atoms with E-state index in [9.17, 15) is 32.4 Å². The molecule has 6 atom stereocenters. The predicted molar refractivity (Wildman–Crippen MR) is 211 cm³/mol. The number of carbonyl (C=O) groups excluding carboxylic acids is 5. The van der Waals surface area contributed by atoms with Crippen LogP contribution in [0.4, 0.5) is 9.59 Å². The van der Waals surface area contributed by atoms with Crippen LogP contribution < -0.4 is 20.5 Å². The number of alkyl carbamates (subject to hydrolysis) is 1. The van der Waals surface area contributed by atoms with Gasteiger partial charge in [0.1, 0.15) is 29.5 Å². The second kappa shape index (κ2) is 18.3. The Morgan fingerprint density at radius 3 is 2.46 bits per heavy atom. The highest BCUT2D eigenvalue weighted by atomic mass is 32.2. The lowest BCUT2D eigenvalue weighted by atomic mass is 9.93. The van der Waals surface area contributed by atoms with E-state index < -0.39 is 75.0 Å². The lowest BCUT2D eigenvalue weighted by Crippen LogP contribution is -2.53. The van der Waals surface area contributed by atoms with Crippen LogP contribution >= 0.6 is 0 Å². The average Bonchev–Trinajstić information content (AvgIpc) is 4.06. The molecular formula is C39H63N5O11S. The van der Waals surface area contributed by atoms with Gasteiger partial charge in [0.25, 0.3) is 0 Å². The summed E-state index contributed by atoms with van der Waals surface area (Å²) in [6, 6.07) is 3.18. The number of allylic oxidation sites excluding steroid dienone is 2. The first-order chi connectivity index (χ1) is 26.5. The molecule has 2 heterocycles. The Bertz CT molecular complexity index is 1780. The number of nitrogens with zero attached hydrogens (tertiary/aromatic N) is 2. The van der Waals surface area contributed by atoms with Crippen molar-refractivity contribution in [1.29, 1.82) is 0 Å². The molecule has 2 unspecified atom stereocenters. The van der Waals surface area contributed by atoms with Crippen LogP contribution in [0, 0.1) is 11.8 Å². The first-order valence-corrected chi connectivity index (χ1v) is 21.0. The molecule has 1 aromatic carbocycles. The van der Waals surface area contributed by atoms with Crippen molar-refractivity contribution >= 4 is 39.9 Å². The predicted octanol–water partition coefficient (Wildman–Crippen LogP) is 4.21. The number of unbranched alkanes of at least 4 members (excludes halogenated alkanes) is 3. The van der Waals surface area contributed by atoms with Crippen molar-refractivity contribution in [2.24, 2.45) is 17.6 Å². The number of hydrogen-bond acceptors (Lipinski definition) is 11. The highest BCUT2D eigenvalue weighted by molar-refractivity contribution is 7.90. The fourth-order valence-electron chi connectivity index (χ4n) is 7.35. The lowest BCUT2D eigenvalue weighted by molar-refractivity contribution is -0.139. The third kappa shape index (κ3) is 11.4. The van der Waals surface area contributed by atoms with Gasteiger partial charge in [0.05, 0.1) is 31.6 Å². The molecule has 0 radical (unpaired) electrons. The smallest absolute Gasteiger partial charge is 0.410 e.